The van der Waals surface area contributed by atoms with E-state index in [1.165, 1.54) is 33.0 Å². The van der Waals surface area contributed by atoms with Crippen LogP contribution in [0.1, 0.15) is 36.0 Å². The molecule has 4 aromatic heterocycles. The summed E-state index contributed by atoms with van der Waals surface area (Å²) in [4.78, 5) is 17.9. The van der Waals surface area contributed by atoms with Crippen LogP contribution in [0.3, 0.4) is 0 Å². The van der Waals surface area contributed by atoms with Gasteiger partial charge in [0.15, 0.2) is 0 Å². The molecule has 0 amide bonds. The minimum Gasteiger partial charge on any atom is -0.255 e. The first-order valence-corrected chi connectivity index (χ1v) is 15.3. The summed E-state index contributed by atoms with van der Waals surface area (Å²) in [5.41, 5.74) is 11.0. The standard InChI is InChI=1S/C31H24N2.C10H8N2/c1-21-16-18-26(25-12-5-4-10-23(21)25)31-24-11-3-2-9-22(24)17-19-27(31)28-14-8-15-30(33-28)29-13-6-7-20-32-29;1-3-7-11-9(5-1)10-6-2-4-8-12-10/h2-15,17-21H,16H2,1H3;1-8H. The molecule has 4 heterocycles. The number of rotatable bonds is 4. The highest BCUT2D eigenvalue weighted by Gasteiger charge is 2.23. The second kappa shape index (κ2) is 12.9. The van der Waals surface area contributed by atoms with Crippen molar-refractivity contribution >= 4 is 16.3 Å². The van der Waals surface area contributed by atoms with Crippen molar-refractivity contribution in [3.63, 3.8) is 0 Å². The Bertz CT molecular complexity index is 2050. The van der Waals surface area contributed by atoms with Crippen molar-refractivity contribution in [1.29, 1.82) is 0 Å². The number of aromatic nitrogens is 4. The maximum Gasteiger partial charge on any atom is 0.0893 e. The predicted octanol–water partition coefficient (Wildman–Crippen LogP) is 10.0. The van der Waals surface area contributed by atoms with Gasteiger partial charge in [0.1, 0.15) is 0 Å². The summed E-state index contributed by atoms with van der Waals surface area (Å²) in [6.45, 7) is 2.31. The Morgan fingerprint density at radius 1 is 0.489 bits per heavy atom. The van der Waals surface area contributed by atoms with Crippen LogP contribution in [0.2, 0.25) is 0 Å². The summed E-state index contributed by atoms with van der Waals surface area (Å²) in [6, 6.07) is 45.7. The Labute approximate surface area is 263 Å². The monoisotopic (exact) mass is 580 g/mol. The Morgan fingerprint density at radius 3 is 1.76 bits per heavy atom. The number of hydrogen-bond donors (Lipinski definition) is 0. The lowest BCUT2D eigenvalue weighted by Crippen LogP contribution is -2.06. The number of allylic oxidation sites excluding steroid dienone is 1. The smallest absolute Gasteiger partial charge is 0.0893 e. The van der Waals surface area contributed by atoms with E-state index in [4.69, 9.17) is 4.98 Å². The first-order valence-electron chi connectivity index (χ1n) is 15.3. The van der Waals surface area contributed by atoms with Crippen molar-refractivity contribution in [3.05, 3.63) is 175 Å². The third kappa shape index (κ3) is 5.91. The molecule has 0 N–H and O–H groups in total. The fourth-order valence-corrected chi connectivity index (χ4v) is 5.99. The molecule has 0 aliphatic heterocycles. The van der Waals surface area contributed by atoms with Crippen LogP contribution >= 0.6 is 0 Å². The molecule has 1 aliphatic rings. The molecule has 0 saturated carbocycles. The quantitative estimate of drug-likeness (QED) is 0.208. The van der Waals surface area contributed by atoms with E-state index in [-0.39, 0.29) is 0 Å². The van der Waals surface area contributed by atoms with E-state index in [1.54, 1.807) is 12.4 Å². The van der Waals surface area contributed by atoms with Gasteiger partial charge in [-0.2, -0.15) is 0 Å². The molecule has 1 atom stereocenters. The molecule has 0 spiro atoms. The average molecular weight is 581 g/mol. The molecule has 3 aromatic carbocycles. The van der Waals surface area contributed by atoms with Crippen molar-refractivity contribution in [2.24, 2.45) is 0 Å². The van der Waals surface area contributed by atoms with Gasteiger partial charge in [0.2, 0.25) is 0 Å². The highest BCUT2D eigenvalue weighted by Crippen LogP contribution is 2.43. The number of hydrogen-bond acceptors (Lipinski definition) is 4. The second-order valence-electron chi connectivity index (χ2n) is 11.1. The lowest BCUT2D eigenvalue weighted by Gasteiger charge is -2.25. The number of nitrogens with zero attached hydrogens (tertiary/aromatic N) is 4. The average Bonchev–Trinajstić information content (AvgIpc) is 3.13. The molecule has 4 nitrogen and oxygen atoms in total. The first kappa shape index (κ1) is 28.1. The van der Waals surface area contributed by atoms with E-state index >= 15 is 0 Å². The van der Waals surface area contributed by atoms with Crippen molar-refractivity contribution in [2.45, 2.75) is 19.3 Å². The van der Waals surface area contributed by atoms with Crippen LogP contribution in [-0.4, -0.2) is 19.9 Å². The number of benzene rings is 3. The van der Waals surface area contributed by atoms with Crippen LogP contribution in [0.25, 0.3) is 50.4 Å². The summed E-state index contributed by atoms with van der Waals surface area (Å²) < 4.78 is 0. The molecule has 1 unspecified atom stereocenters. The third-order valence-corrected chi connectivity index (χ3v) is 8.20. The lowest BCUT2D eigenvalue weighted by atomic mass is 9.79. The molecule has 0 saturated heterocycles. The van der Waals surface area contributed by atoms with Crippen LogP contribution in [0.15, 0.2) is 158 Å². The van der Waals surface area contributed by atoms with Gasteiger partial charge < -0.3 is 0 Å². The lowest BCUT2D eigenvalue weighted by molar-refractivity contribution is 0.768. The van der Waals surface area contributed by atoms with Gasteiger partial charge in [-0.3, -0.25) is 15.0 Å². The van der Waals surface area contributed by atoms with Crippen molar-refractivity contribution in [2.75, 3.05) is 0 Å². The van der Waals surface area contributed by atoms with Crippen LogP contribution in [0.4, 0.5) is 0 Å². The Kier molecular flexibility index (Phi) is 8.02. The molecule has 0 fully saturated rings. The van der Waals surface area contributed by atoms with Crippen molar-refractivity contribution < 1.29 is 0 Å². The van der Waals surface area contributed by atoms with Gasteiger partial charge in [-0.15, -0.1) is 0 Å². The second-order valence-corrected chi connectivity index (χ2v) is 11.1. The summed E-state index contributed by atoms with van der Waals surface area (Å²) in [5.74, 6) is 0.522. The molecule has 45 heavy (non-hydrogen) atoms. The fourth-order valence-electron chi connectivity index (χ4n) is 5.99. The minimum absolute atomic E-state index is 0.522. The number of fused-ring (bicyclic) bond motifs is 2. The minimum atomic E-state index is 0.522. The summed E-state index contributed by atoms with van der Waals surface area (Å²) in [7, 11) is 0. The fraction of sp³-hybridized carbons (Fsp3) is 0.0732. The van der Waals surface area contributed by atoms with Gasteiger partial charge in [0, 0.05) is 24.2 Å². The van der Waals surface area contributed by atoms with E-state index in [0.29, 0.717) is 5.92 Å². The van der Waals surface area contributed by atoms with Crippen molar-refractivity contribution in [3.8, 4) is 34.0 Å². The maximum absolute atomic E-state index is 5.06. The van der Waals surface area contributed by atoms with Crippen molar-refractivity contribution in [1.82, 2.24) is 19.9 Å². The Balaban J connectivity index is 0.000000227. The van der Waals surface area contributed by atoms with E-state index in [9.17, 15) is 0 Å². The van der Waals surface area contributed by atoms with Gasteiger partial charge >= 0.3 is 0 Å². The third-order valence-electron chi connectivity index (χ3n) is 8.20. The van der Waals surface area contributed by atoms with Gasteiger partial charge in [-0.1, -0.05) is 97.9 Å². The summed E-state index contributed by atoms with van der Waals surface area (Å²) >= 11 is 0. The topological polar surface area (TPSA) is 51.6 Å². The van der Waals surface area contributed by atoms with Gasteiger partial charge in [0.05, 0.1) is 28.5 Å². The van der Waals surface area contributed by atoms with Gasteiger partial charge in [-0.05, 0) is 93.9 Å². The van der Waals surface area contributed by atoms with E-state index < -0.39 is 0 Å². The Hall–Kier alpha value is -5.74. The maximum atomic E-state index is 5.06. The normalized spacial score (nSPS) is 13.7. The zero-order valence-corrected chi connectivity index (χ0v) is 25.1. The van der Waals surface area contributed by atoms with E-state index in [0.717, 1.165) is 40.5 Å². The SMILES string of the molecule is CC1CC=C(c2c(-c3cccc(-c4ccccn4)n3)ccc3ccccc23)c2ccccc21.c1ccc(-c2ccccn2)nc1. The highest BCUT2D eigenvalue weighted by atomic mass is 14.8. The van der Waals surface area contributed by atoms with Crippen LogP contribution < -0.4 is 0 Å². The van der Waals surface area contributed by atoms with Crippen LogP contribution in [0, 0.1) is 0 Å². The van der Waals surface area contributed by atoms with Gasteiger partial charge in [-0.25, -0.2) is 4.98 Å². The molecular weight excluding hydrogens is 548 g/mol. The molecular formula is C41H32N4. The molecule has 1 aliphatic carbocycles. The molecule has 0 radical (unpaired) electrons. The molecule has 4 heteroatoms. The molecule has 216 valence electrons. The number of pyridine rings is 4. The molecule has 8 rings (SSSR count). The van der Waals surface area contributed by atoms with Gasteiger partial charge in [0.25, 0.3) is 0 Å². The Morgan fingerprint density at radius 2 is 1.07 bits per heavy atom. The predicted molar refractivity (Wildman–Crippen MR) is 184 cm³/mol. The zero-order valence-electron chi connectivity index (χ0n) is 25.1. The summed E-state index contributed by atoms with van der Waals surface area (Å²) in [6.07, 6.45) is 8.81. The first-order chi connectivity index (χ1) is 22.3. The zero-order chi connectivity index (χ0) is 30.4. The van der Waals surface area contributed by atoms with E-state index in [2.05, 4.69) is 101 Å². The highest BCUT2D eigenvalue weighted by molar-refractivity contribution is 6.04. The molecule has 7 aromatic rings. The van der Waals surface area contributed by atoms with E-state index in [1.807, 2.05) is 66.9 Å². The van der Waals surface area contributed by atoms with Crippen LogP contribution in [0.5, 0.6) is 0 Å². The van der Waals surface area contributed by atoms with Crippen LogP contribution in [-0.2, 0) is 0 Å². The summed E-state index contributed by atoms with van der Waals surface area (Å²) in [5, 5.41) is 2.50. The molecule has 0 bridgehead atoms. The largest absolute Gasteiger partial charge is 0.255 e.